The molecule has 3 fully saturated rings. The lowest BCUT2D eigenvalue weighted by Gasteiger charge is -2.26. The Balaban J connectivity index is 1.45. The van der Waals surface area contributed by atoms with Gasteiger partial charge in [0.15, 0.2) is 0 Å². The van der Waals surface area contributed by atoms with Gasteiger partial charge >= 0.3 is 5.97 Å². The Morgan fingerprint density at radius 3 is 2.00 bits per heavy atom. The van der Waals surface area contributed by atoms with Crippen LogP contribution in [0.5, 0.6) is 0 Å². The van der Waals surface area contributed by atoms with Gasteiger partial charge in [-0.05, 0) is 67.2 Å². The third-order valence-corrected chi connectivity index (χ3v) is 10.2. The molecule has 3 heterocycles. The van der Waals surface area contributed by atoms with Crippen molar-refractivity contribution >= 4 is 14.0 Å². The molecule has 0 aromatic carbocycles. The SMILES string of the molecule is CC(C)(C)C(=O)OC[C@@H]1O[C@@]1(C)CC[C@H]1O[C@@]1(CC[C@@H]1OC1(C)C)[Si](C)(C)C. The fourth-order valence-corrected chi connectivity index (χ4v) is 6.86. The largest absolute Gasteiger partial charge is 0.462 e. The molecule has 0 spiro atoms. The molecule has 5 nitrogen and oxygen atoms in total. The summed E-state index contributed by atoms with van der Waals surface area (Å²) in [6.45, 7) is 19.7. The Hall–Kier alpha value is -0.433. The third kappa shape index (κ3) is 4.50. The molecule has 0 aliphatic carbocycles. The first-order valence-electron chi connectivity index (χ1n) is 10.8. The van der Waals surface area contributed by atoms with Gasteiger partial charge in [-0.15, -0.1) is 0 Å². The first kappa shape index (κ1) is 22.3. The normalized spacial score (nSPS) is 38.8. The first-order valence-corrected chi connectivity index (χ1v) is 14.3. The summed E-state index contributed by atoms with van der Waals surface area (Å²) >= 11 is 0. The van der Waals surface area contributed by atoms with Crippen LogP contribution in [0, 0.1) is 5.41 Å². The van der Waals surface area contributed by atoms with E-state index in [4.69, 9.17) is 18.9 Å². The number of esters is 1. The highest BCUT2D eigenvalue weighted by Crippen LogP contribution is 2.54. The number of carbonyl (C=O) groups excluding carboxylic acids is 1. The van der Waals surface area contributed by atoms with E-state index < -0.39 is 13.5 Å². The smallest absolute Gasteiger partial charge is 0.311 e. The van der Waals surface area contributed by atoms with Gasteiger partial charge in [-0.3, -0.25) is 4.79 Å². The van der Waals surface area contributed by atoms with Gasteiger partial charge in [-0.25, -0.2) is 0 Å². The maximum atomic E-state index is 12.0. The molecule has 0 radical (unpaired) electrons. The van der Waals surface area contributed by atoms with Gasteiger partial charge in [0, 0.05) is 0 Å². The van der Waals surface area contributed by atoms with Crippen molar-refractivity contribution in [2.45, 2.75) is 122 Å². The van der Waals surface area contributed by atoms with Gasteiger partial charge in [-0.2, -0.15) is 0 Å². The minimum absolute atomic E-state index is 0.0134. The predicted octanol–water partition coefficient (Wildman–Crippen LogP) is 4.49. The summed E-state index contributed by atoms with van der Waals surface area (Å²) in [5, 5.41) is 0.0779. The van der Waals surface area contributed by atoms with Gasteiger partial charge in [-0.1, -0.05) is 19.6 Å². The van der Waals surface area contributed by atoms with Gasteiger partial charge in [0.1, 0.15) is 12.7 Å². The van der Waals surface area contributed by atoms with Crippen LogP contribution >= 0.6 is 0 Å². The van der Waals surface area contributed by atoms with E-state index in [2.05, 4.69) is 40.4 Å². The molecule has 0 aromatic rings. The average molecular weight is 413 g/mol. The molecule has 162 valence electrons. The summed E-state index contributed by atoms with van der Waals surface area (Å²) in [4.78, 5) is 12.0. The second kappa shape index (κ2) is 6.79. The van der Waals surface area contributed by atoms with Crippen molar-refractivity contribution in [1.82, 2.24) is 0 Å². The first-order chi connectivity index (χ1) is 12.6. The lowest BCUT2D eigenvalue weighted by Crippen LogP contribution is -2.44. The minimum Gasteiger partial charge on any atom is -0.462 e. The van der Waals surface area contributed by atoms with Gasteiger partial charge in [0.2, 0.25) is 0 Å². The number of rotatable bonds is 9. The topological polar surface area (TPSA) is 63.9 Å². The van der Waals surface area contributed by atoms with Crippen LogP contribution in [0.3, 0.4) is 0 Å². The van der Waals surface area contributed by atoms with Gasteiger partial charge in [0.25, 0.3) is 0 Å². The van der Waals surface area contributed by atoms with E-state index in [1.54, 1.807) is 0 Å². The van der Waals surface area contributed by atoms with E-state index in [0.29, 0.717) is 18.8 Å². The second-order valence-corrected chi connectivity index (χ2v) is 17.1. The number of hydrogen-bond donors (Lipinski definition) is 0. The van der Waals surface area contributed by atoms with E-state index in [1.807, 2.05) is 20.8 Å². The molecular weight excluding hydrogens is 372 g/mol. The summed E-state index contributed by atoms with van der Waals surface area (Å²) < 4.78 is 23.5. The van der Waals surface area contributed by atoms with Crippen LogP contribution in [0.4, 0.5) is 0 Å². The molecule has 0 saturated carbocycles. The highest BCUT2D eigenvalue weighted by atomic mass is 28.3. The molecule has 5 atom stereocenters. The zero-order valence-electron chi connectivity index (χ0n) is 19.3. The van der Waals surface area contributed by atoms with Crippen LogP contribution in [-0.2, 0) is 23.7 Å². The quantitative estimate of drug-likeness (QED) is 0.317. The lowest BCUT2D eigenvalue weighted by molar-refractivity contribution is -0.153. The van der Waals surface area contributed by atoms with Crippen LogP contribution < -0.4 is 0 Å². The fourth-order valence-electron chi connectivity index (χ4n) is 4.36. The highest BCUT2D eigenvalue weighted by Gasteiger charge is 2.65. The molecule has 0 aromatic heterocycles. The number of ether oxygens (including phenoxy) is 4. The predicted molar refractivity (Wildman–Crippen MR) is 112 cm³/mol. The number of carbonyl (C=O) groups is 1. The Bertz CT molecular complexity index is 619. The van der Waals surface area contributed by atoms with Crippen LogP contribution in [0.1, 0.15) is 67.2 Å². The van der Waals surface area contributed by atoms with E-state index in [1.165, 1.54) is 0 Å². The summed E-state index contributed by atoms with van der Waals surface area (Å²) in [6.07, 6.45) is 4.89. The van der Waals surface area contributed by atoms with Crippen molar-refractivity contribution in [3.05, 3.63) is 0 Å². The minimum atomic E-state index is -1.45. The Kier molecular flexibility index (Phi) is 5.40. The molecule has 3 aliphatic rings. The summed E-state index contributed by atoms with van der Waals surface area (Å²) in [7, 11) is -1.45. The zero-order valence-corrected chi connectivity index (χ0v) is 20.3. The monoisotopic (exact) mass is 412 g/mol. The molecule has 28 heavy (non-hydrogen) atoms. The van der Waals surface area contributed by atoms with Gasteiger partial charge in [0.05, 0.1) is 42.1 Å². The van der Waals surface area contributed by atoms with Crippen LogP contribution in [0.2, 0.25) is 19.6 Å². The van der Waals surface area contributed by atoms with Crippen LogP contribution in [-0.4, -0.2) is 55.4 Å². The van der Waals surface area contributed by atoms with Crippen molar-refractivity contribution in [3.8, 4) is 0 Å². The van der Waals surface area contributed by atoms with Crippen molar-refractivity contribution in [2.75, 3.05) is 6.61 Å². The summed E-state index contributed by atoms with van der Waals surface area (Å²) in [5.74, 6) is -0.168. The molecule has 6 heteroatoms. The molecule has 3 aliphatic heterocycles. The summed E-state index contributed by atoms with van der Waals surface area (Å²) in [5.41, 5.74) is -0.598. The lowest BCUT2D eigenvalue weighted by atomic mass is 9.96. The number of hydrogen-bond acceptors (Lipinski definition) is 5. The Morgan fingerprint density at radius 2 is 1.50 bits per heavy atom. The van der Waals surface area contributed by atoms with Crippen molar-refractivity contribution in [3.63, 3.8) is 0 Å². The molecule has 0 bridgehead atoms. The second-order valence-electron chi connectivity index (χ2n) is 11.8. The maximum Gasteiger partial charge on any atom is 0.311 e. The van der Waals surface area contributed by atoms with E-state index in [9.17, 15) is 4.79 Å². The van der Waals surface area contributed by atoms with Crippen molar-refractivity contribution < 1.29 is 23.7 Å². The highest BCUT2D eigenvalue weighted by molar-refractivity contribution is 6.79. The van der Waals surface area contributed by atoms with Gasteiger partial charge < -0.3 is 18.9 Å². The zero-order chi connectivity index (χ0) is 21.2. The standard InChI is InChI=1S/C22H40O5Si/c1-19(2,3)18(23)24-14-17-21(6,26-17)12-10-16-22(27-16,28(7,8)9)13-11-15-20(4,5)25-15/h15-17H,10-14H2,1-9H3/t15-,16+,17-,21-,22-/m0/s1. The molecule has 3 rings (SSSR count). The van der Waals surface area contributed by atoms with Crippen LogP contribution in [0.15, 0.2) is 0 Å². The molecule has 3 saturated heterocycles. The van der Waals surface area contributed by atoms with E-state index in [-0.39, 0.29) is 28.5 Å². The Labute approximate surface area is 171 Å². The van der Waals surface area contributed by atoms with E-state index in [0.717, 1.165) is 25.7 Å². The van der Waals surface area contributed by atoms with Crippen molar-refractivity contribution in [2.24, 2.45) is 5.41 Å². The van der Waals surface area contributed by atoms with E-state index >= 15 is 0 Å². The third-order valence-electron chi connectivity index (χ3n) is 6.94. The molecule has 0 amide bonds. The Morgan fingerprint density at radius 1 is 0.929 bits per heavy atom. The average Bonchev–Trinajstić information content (AvgIpc) is 3.44. The molecule has 0 N–H and O–H groups in total. The number of epoxide rings is 3. The fraction of sp³-hybridized carbons (Fsp3) is 0.955. The summed E-state index contributed by atoms with van der Waals surface area (Å²) in [6, 6.07) is 0. The van der Waals surface area contributed by atoms with Crippen LogP contribution in [0.25, 0.3) is 0 Å². The maximum absolute atomic E-state index is 12.0. The van der Waals surface area contributed by atoms with Crippen molar-refractivity contribution in [1.29, 1.82) is 0 Å². The molecule has 0 unspecified atom stereocenters. The molecular formula is C22H40O5Si.